The summed E-state index contributed by atoms with van der Waals surface area (Å²) in [6.07, 6.45) is 1.85. The Morgan fingerprint density at radius 1 is 1.05 bits per heavy atom. The Balaban J connectivity index is 0.853. The van der Waals surface area contributed by atoms with Crippen molar-refractivity contribution in [3.05, 3.63) is 23.8 Å². The van der Waals surface area contributed by atoms with Crippen LogP contribution in [0, 0.1) is 5.92 Å². The van der Waals surface area contributed by atoms with Crippen LogP contribution >= 0.6 is 0 Å². The number of hydrogen-bond acceptors (Lipinski definition) is 12. The Morgan fingerprint density at radius 2 is 1.85 bits per heavy atom. The Hall–Kier alpha value is -1.58. The van der Waals surface area contributed by atoms with Gasteiger partial charge in [-0.2, -0.15) is 0 Å². The van der Waals surface area contributed by atoms with Crippen molar-refractivity contribution in [2.45, 2.75) is 86.7 Å². The van der Waals surface area contributed by atoms with Crippen molar-refractivity contribution in [1.82, 2.24) is 25.3 Å². The van der Waals surface area contributed by atoms with Gasteiger partial charge in [0.2, 0.25) is 0 Å². The Bertz CT molecular complexity index is 1060. The quantitative estimate of drug-likeness (QED) is 0.215. The number of fused-ring (bicyclic) bond motifs is 2. The molecule has 0 bridgehead atoms. The van der Waals surface area contributed by atoms with E-state index in [1.54, 1.807) is 0 Å². The van der Waals surface area contributed by atoms with E-state index >= 15 is 0 Å². The number of benzene rings is 1. The number of nitrogens with one attached hydrogen (secondary N) is 4. The fourth-order valence-electron chi connectivity index (χ4n) is 7.37. The fraction of sp³-hybridized carbons (Fsp3) is 0.786. The zero-order valence-electron chi connectivity index (χ0n) is 23.6. The van der Waals surface area contributed by atoms with Gasteiger partial charge >= 0.3 is 0 Å². The Morgan fingerprint density at radius 3 is 2.62 bits per heavy atom. The van der Waals surface area contributed by atoms with Crippen LogP contribution in [-0.4, -0.2) is 127 Å². The number of aliphatic hydroxyl groups excluding tert-OH is 2. The molecule has 4 saturated heterocycles. The highest BCUT2D eigenvalue weighted by Crippen LogP contribution is 2.39. The molecule has 1 aliphatic carbocycles. The molecular formula is C28H46N8O4. The summed E-state index contributed by atoms with van der Waals surface area (Å²) in [6, 6.07) is 7.22. The average Bonchev–Trinajstić information content (AvgIpc) is 3.56. The predicted octanol–water partition coefficient (Wildman–Crippen LogP) is -0.764. The van der Waals surface area contributed by atoms with Crippen LogP contribution < -0.4 is 27.0 Å². The summed E-state index contributed by atoms with van der Waals surface area (Å²) in [7, 11) is 4.10. The third-order valence-corrected chi connectivity index (χ3v) is 10.3. The second kappa shape index (κ2) is 10.9. The first-order chi connectivity index (χ1) is 19.4. The van der Waals surface area contributed by atoms with E-state index in [1.165, 1.54) is 23.4 Å². The van der Waals surface area contributed by atoms with Crippen molar-refractivity contribution in [1.29, 1.82) is 0 Å². The molecule has 4 unspecified atom stereocenters. The van der Waals surface area contributed by atoms with Crippen molar-refractivity contribution in [2.75, 3.05) is 57.8 Å². The number of aliphatic hydroxyl groups is 2. The van der Waals surface area contributed by atoms with Crippen LogP contribution in [0.3, 0.4) is 0 Å². The standard InChI is InChI=1S/C28H46N8O4/c1-34(10-21-24(37)25(38)28(40-21)36-14-30-23-26(29)35(2)13-31-27(23)36)18-7-15(8-18)3-6-22-32-19-5-4-16(9-20(19)33-22)17-11-39-12-17/h4-5,9,15,17-18,21-28,30-33,37-38H,3,6-8,10-14,29H2,1-2H3/t15?,18?,21-,22?,23?,24-,25-,26?,27?,28-/m1/s1. The summed E-state index contributed by atoms with van der Waals surface area (Å²) in [5.74, 6) is 1.25. The average molecular weight is 559 g/mol. The highest BCUT2D eigenvalue weighted by Gasteiger charge is 2.52. The molecule has 1 aromatic carbocycles. The van der Waals surface area contributed by atoms with Gasteiger partial charge in [0.25, 0.3) is 0 Å². The Kier molecular flexibility index (Phi) is 7.44. The van der Waals surface area contributed by atoms with E-state index in [2.05, 4.69) is 61.2 Å². The summed E-state index contributed by atoms with van der Waals surface area (Å²) >= 11 is 0. The van der Waals surface area contributed by atoms with Gasteiger partial charge in [-0.1, -0.05) is 6.07 Å². The van der Waals surface area contributed by atoms with E-state index in [0.29, 0.717) is 37.8 Å². The van der Waals surface area contributed by atoms with Crippen LogP contribution in [0.15, 0.2) is 18.2 Å². The summed E-state index contributed by atoms with van der Waals surface area (Å²) in [4.78, 5) is 6.43. The minimum absolute atomic E-state index is 0.0315. The van der Waals surface area contributed by atoms with Gasteiger partial charge in [-0.05, 0) is 63.4 Å². The molecule has 1 aromatic rings. The van der Waals surface area contributed by atoms with Crippen molar-refractivity contribution in [2.24, 2.45) is 11.7 Å². The normalized spacial score (nSPS) is 41.8. The second-order valence-electron chi connectivity index (χ2n) is 12.9. The lowest BCUT2D eigenvalue weighted by Crippen LogP contribution is -2.68. The molecule has 5 fully saturated rings. The van der Waals surface area contributed by atoms with E-state index in [1.807, 2.05) is 7.05 Å². The van der Waals surface area contributed by atoms with Gasteiger partial charge in [-0.25, -0.2) is 4.90 Å². The minimum Gasteiger partial charge on any atom is -0.387 e. The topological polar surface area (TPSA) is 143 Å². The molecule has 8 atom stereocenters. The lowest BCUT2D eigenvalue weighted by molar-refractivity contribution is -0.112. The molecule has 7 rings (SSSR count). The molecule has 5 heterocycles. The largest absolute Gasteiger partial charge is 0.387 e. The second-order valence-corrected chi connectivity index (χ2v) is 12.9. The van der Waals surface area contributed by atoms with Crippen LogP contribution in [0.25, 0.3) is 0 Å². The molecular weight excluding hydrogens is 512 g/mol. The highest BCUT2D eigenvalue weighted by atomic mass is 16.6. The molecule has 6 aliphatic rings. The first-order valence-electron chi connectivity index (χ1n) is 15.0. The molecule has 222 valence electrons. The maximum Gasteiger partial charge on any atom is 0.142 e. The summed E-state index contributed by atoms with van der Waals surface area (Å²) in [5.41, 5.74) is 10.1. The smallest absolute Gasteiger partial charge is 0.142 e. The lowest BCUT2D eigenvalue weighted by atomic mass is 9.76. The van der Waals surface area contributed by atoms with Gasteiger partial charge in [0, 0.05) is 18.5 Å². The van der Waals surface area contributed by atoms with E-state index in [4.69, 9.17) is 15.2 Å². The number of nitrogens with two attached hydrogens (primary N) is 1. The first kappa shape index (κ1) is 27.3. The van der Waals surface area contributed by atoms with Gasteiger partial charge in [-0.3, -0.25) is 15.5 Å². The van der Waals surface area contributed by atoms with Crippen molar-refractivity contribution in [3.63, 3.8) is 0 Å². The molecule has 0 radical (unpaired) electrons. The number of rotatable bonds is 8. The number of ether oxygens (including phenoxy) is 2. The number of nitrogens with zero attached hydrogens (tertiary/aromatic N) is 3. The van der Waals surface area contributed by atoms with Gasteiger partial charge < -0.3 is 41.0 Å². The van der Waals surface area contributed by atoms with E-state index < -0.39 is 24.5 Å². The fourth-order valence-corrected chi connectivity index (χ4v) is 7.37. The van der Waals surface area contributed by atoms with E-state index in [-0.39, 0.29) is 24.5 Å². The summed E-state index contributed by atoms with van der Waals surface area (Å²) in [5, 5.41) is 36.0. The first-order valence-corrected chi connectivity index (χ1v) is 15.0. The molecule has 8 N–H and O–H groups in total. The third kappa shape index (κ3) is 4.91. The van der Waals surface area contributed by atoms with Crippen molar-refractivity contribution >= 4 is 11.4 Å². The van der Waals surface area contributed by atoms with Gasteiger partial charge in [0.05, 0.1) is 62.5 Å². The van der Waals surface area contributed by atoms with Crippen LogP contribution in [0.5, 0.6) is 0 Å². The monoisotopic (exact) mass is 558 g/mol. The minimum atomic E-state index is -0.959. The number of likely N-dealkylation sites (N-methyl/N-ethyl adjacent to an activating group) is 2. The van der Waals surface area contributed by atoms with Crippen LogP contribution in [0.1, 0.15) is 37.2 Å². The van der Waals surface area contributed by atoms with Crippen LogP contribution in [0.4, 0.5) is 11.4 Å². The van der Waals surface area contributed by atoms with Crippen molar-refractivity contribution < 1.29 is 19.7 Å². The Labute approximate surface area is 236 Å². The number of anilines is 2. The van der Waals surface area contributed by atoms with Gasteiger partial charge in [0.15, 0.2) is 0 Å². The molecule has 0 amide bonds. The highest BCUT2D eigenvalue weighted by molar-refractivity contribution is 5.75. The van der Waals surface area contributed by atoms with Crippen LogP contribution in [-0.2, 0) is 9.47 Å². The maximum absolute atomic E-state index is 10.9. The molecule has 0 aromatic heterocycles. The zero-order valence-corrected chi connectivity index (χ0v) is 23.6. The molecule has 5 aliphatic heterocycles. The zero-order chi connectivity index (χ0) is 27.5. The van der Waals surface area contributed by atoms with E-state index in [0.717, 1.165) is 32.5 Å². The molecule has 12 heteroatoms. The molecule has 12 nitrogen and oxygen atoms in total. The van der Waals surface area contributed by atoms with E-state index in [9.17, 15) is 10.2 Å². The third-order valence-electron chi connectivity index (χ3n) is 10.3. The molecule has 40 heavy (non-hydrogen) atoms. The summed E-state index contributed by atoms with van der Waals surface area (Å²) in [6.45, 7) is 3.49. The number of hydrogen-bond donors (Lipinski definition) is 7. The SMILES string of the molecule is CN(C[C@H]1O[C@@H](N2CNC3C(N)N(C)CNC32)[C@H](O)[C@@H]1O)C1CC(CCC2Nc3ccc(C4COC4)cc3N2)C1. The van der Waals surface area contributed by atoms with Gasteiger partial charge in [0.1, 0.15) is 24.5 Å². The van der Waals surface area contributed by atoms with Crippen LogP contribution in [0.2, 0.25) is 0 Å². The predicted molar refractivity (Wildman–Crippen MR) is 151 cm³/mol. The van der Waals surface area contributed by atoms with Crippen molar-refractivity contribution in [3.8, 4) is 0 Å². The molecule has 1 saturated carbocycles. The summed E-state index contributed by atoms with van der Waals surface area (Å²) < 4.78 is 11.7. The molecule has 0 spiro atoms. The lowest BCUT2D eigenvalue weighted by Gasteiger charge is -2.43. The maximum atomic E-state index is 10.9. The van der Waals surface area contributed by atoms with Gasteiger partial charge in [-0.15, -0.1) is 0 Å².